The molecule has 0 spiro atoms. The Bertz CT molecular complexity index is 1010. The molecule has 1 aliphatic rings. The Kier molecular flexibility index (Phi) is 7.37. The number of nitrogen functional groups attached to an aromatic ring is 1. The molecule has 0 aliphatic heterocycles. The topological polar surface area (TPSA) is 82.3 Å². The van der Waals surface area contributed by atoms with Crippen LogP contribution in [0.2, 0.25) is 5.15 Å². The minimum atomic E-state index is -0.0364. The molecule has 3 aromatic rings. The van der Waals surface area contributed by atoms with E-state index in [2.05, 4.69) is 46.1 Å². The summed E-state index contributed by atoms with van der Waals surface area (Å²) < 4.78 is 12.4. The largest absolute Gasteiger partial charge is 0.376 e. The van der Waals surface area contributed by atoms with Gasteiger partial charge in [-0.25, -0.2) is 4.98 Å². The van der Waals surface area contributed by atoms with Gasteiger partial charge in [0.1, 0.15) is 11.0 Å². The quantitative estimate of drug-likeness (QED) is 0.357. The number of rotatable bonds is 9. The molecular formula is C25H27ClN4O2. The van der Waals surface area contributed by atoms with Crippen LogP contribution >= 0.6 is 11.6 Å². The first-order valence-corrected chi connectivity index (χ1v) is 11.0. The summed E-state index contributed by atoms with van der Waals surface area (Å²) in [5.74, 6) is 0.749. The zero-order valence-corrected chi connectivity index (χ0v) is 18.5. The minimum absolute atomic E-state index is 0.0357. The molecule has 32 heavy (non-hydrogen) atoms. The van der Waals surface area contributed by atoms with Gasteiger partial charge in [-0.05, 0) is 23.1 Å². The van der Waals surface area contributed by atoms with E-state index in [1.807, 2.05) is 36.4 Å². The van der Waals surface area contributed by atoms with Crippen molar-refractivity contribution < 1.29 is 9.47 Å². The maximum atomic E-state index is 6.33. The van der Waals surface area contributed by atoms with E-state index in [0.717, 1.165) is 23.1 Å². The first-order chi connectivity index (χ1) is 15.6. The molecule has 0 saturated heterocycles. The van der Waals surface area contributed by atoms with Crippen LogP contribution in [-0.2, 0) is 22.7 Å². The molecule has 1 fully saturated rings. The number of nitrogens with one attached hydrogen (secondary N) is 1. The summed E-state index contributed by atoms with van der Waals surface area (Å²) in [5.41, 5.74) is 9.03. The average Bonchev–Trinajstić information content (AvgIpc) is 3.07. The van der Waals surface area contributed by atoms with E-state index in [1.165, 1.54) is 0 Å². The number of aromatic nitrogens is 2. The Balaban J connectivity index is 1.43. The lowest BCUT2D eigenvalue weighted by molar-refractivity contribution is -0.0114. The van der Waals surface area contributed by atoms with Gasteiger partial charge >= 0.3 is 0 Å². The number of anilines is 2. The first kappa shape index (κ1) is 22.3. The molecular weight excluding hydrogens is 424 g/mol. The number of hydrogen-bond acceptors (Lipinski definition) is 6. The average molecular weight is 451 g/mol. The van der Waals surface area contributed by atoms with E-state index in [-0.39, 0.29) is 24.0 Å². The fourth-order valence-corrected chi connectivity index (χ4v) is 4.13. The van der Waals surface area contributed by atoms with E-state index >= 15 is 0 Å². The van der Waals surface area contributed by atoms with Gasteiger partial charge in [0.25, 0.3) is 0 Å². The standard InChI is InChI=1S/C25H27ClN4O2/c1-17-20(16-31-14-18-8-4-2-5-9-18)22(32-15-19-10-6-3-7-11-19)12-21(17)28-24-13-23(26)29-25(27)30-24/h2-11,13,20-22H,1,12,14-16H2,(H3,27,28,29,30)/t20-,21-,22-/m0/s1. The lowest BCUT2D eigenvalue weighted by Gasteiger charge is -2.21. The molecule has 3 N–H and O–H groups in total. The highest BCUT2D eigenvalue weighted by Crippen LogP contribution is 2.36. The molecule has 166 valence electrons. The van der Waals surface area contributed by atoms with Gasteiger partial charge in [-0.15, -0.1) is 0 Å². The summed E-state index contributed by atoms with van der Waals surface area (Å²) in [6.07, 6.45) is 0.706. The van der Waals surface area contributed by atoms with Gasteiger partial charge in [0, 0.05) is 12.0 Å². The fourth-order valence-electron chi connectivity index (χ4n) is 3.94. The first-order valence-electron chi connectivity index (χ1n) is 10.6. The lowest BCUT2D eigenvalue weighted by Crippen LogP contribution is -2.23. The highest BCUT2D eigenvalue weighted by atomic mass is 35.5. The number of nitrogens with two attached hydrogens (primary N) is 1. The molecule has 0 unspecified atom stereocenters. The van der Waals surface area contributed by atoms with Gasteiger partial charge in [0.15, 0.2) is 0 Å². The van der Waals surface area contributed by atoms with Crippen molar-refractivity contribution in [2.75, 3.05) is 17.7 Å². The molecule has 1 saturated carbocycles. The Labute approximate surface area is 193 Å². The van der Waals surface area contributed by atoms with Crippen molar-refractivity contribution in [2.24, 2.45) is 5.92 Å². The van der Waals surface area contributed by atoms with Gasteiger partial charge in [0.2, 0.25) is 5.95 Å². The van der Waals surface area contributed by atoms with Crippen LogP contribution in [0, 0.1) is 5.92 Å². The molecule has 4 rings (SSSR count). The molecule has 3 atom stereocenters. The lowest BCUT2D eigenvalue weighted by atomic mass is 10.0. The molecule has 1 aliphatic carbocycles. The van der Waals surface area contributed by atoms with Crippen LogP contribution in [0.4, 0.5) is 11.8 Å². The predicted molar refractivity (Wildman–Crippen MR) is 127 cm³/mol. The summed E-state index contributed by atoms with van der Waals surface area (Å²) in [5, 5.41) is 3.68. The summed E-state index contributed by atoms with van der Waals surface area (Å²) in [7, 11) is 0. The zero-order chi connectivity index (χ0) is 22.3. The Hall–Kier alpha value is -2.93. The van der Waals surface area contributed by atoms with Gasteiger partial charge in [0.05, 0.1) is 32.0 Å². The number of nitrogens with zero attached hydrogens (tertiary/aromatic N) is 2. The van der Waals surface area contributed by atoms with Crippen LogP contribution in [0.5, 0.6) is 0 Å². The van der Waals surface area contributed by atoms with E-state index < -0.39 is 0 Å². The second-order valence-corrected chi connectivity index (χ2v) is 8.27. The monoisotopic (exact) mass is 450 g/mol. The number of hydrogen-bond donors (Lipinski definition) is 2. The summed E-state index contributed by atoms with van der Waals surface area (Å²) >= 11 is 6.04. The molecule has 7 heteroatoms. The summed E-state index contributed by atoms with van der Waals surface area (Å²) in [6, 6.07) is 21.9. The van der Waals surface area contributed by atoms with E-state index in [4.69, 9.17) is 26.8 Å². The zero-order valence-electron chi connectivity index (χ0n) is 17.8. The van der Waals surface area contributed by atoms with Gasteiger partial charge in [-0.2, -0.15) is 4.98 Å². The van der Waals surface area contributed by atoms with Crippen LogP contribution in [-0.4, -0.2) is 28.7 Å². The second kappa shape index (κ2) is 10.6. The number of ether oxygens (including phenoxy) is 2. The van der Waals surface area contributed by atoms with Crippen LogP contribution < -0.4 is 11.1 Å². The number of halogens is 1. The highest BCUT2D eigenvalue weighted by Gasteiger charge is 2.38. The minimum Gasteiger partial charge on any atom is -0.376 e. The van der Waals surface area contributed by atoms with E-state index in [0.29, 0.717) is 30.8 Å². The third-order valence-electron chi connectivity index (χ3n) is 5.59. The third-order valence-corrected chi connectivity index (χ3v) is 5.78. The van der Waals surface area contributed by atoms with E-state index in [9.17, 15) is 0 Å². The normalized spacial score (nSPS) is 20.4. The maximum Gasteiger partial charge on any atom is 0.223 e. The SMILES string of the molecule is C=C1[C@@H](Nc2cc(Cl)nc(N)n2)C[C@H](OCc2ccccc2)[C@H]1COCc1ccccc1. The Morgan fingerprint density at radius 2 is 1.66 bits per heavy atom. The van der Waals surface area contributed by atoms with Crippen molar-refractivity contribution in [1.29, 1.82) is 0 Å². The Morgan fingerprint density at radius 3 is 2.31 bits per heavy atom. The molecule has 6 nitrogen and oxygen atoms in total. The molecule has 0 bridgehead atoms. The van der Waals surface area contributed by atoms with Gasteiger partial charge in [-0.1, -0.05) is 78.8 Å². The molecule has 0 amide bonds. The van der Waals surface area contributed by atoms with Gasteiger partial charge in [-0.3, -0.25) is 0 Å². The van der Waals surface area contributed by atoms with Crippen molar-refractivity contribution in [3.63, 3.8) is 0 Å². The smallest absolute Gasteiger partial charge is 0.223 e. The van der Waals surface area contributed by atoms with Crippen molar-refractivity contribution in [1.82, 2.24) is 9.97 Å². The molecule has 1 heterocycles. The molecule has 0 radical (unpaired) electrons. The van der Waals surface area contributed by atoms with Crippen LogP contribution in [0.25, 0.3) is 0 Å². The molecule has 2 aromatic carbocycles. The summed E-state index contributed by atoms with van der Waals surface area (Å²) in [6.45, 7) is 5.97. The number of benzene rings is 2. The Morgan fingerprint density at radius 1 is 1.00 bits per heavy atom. The van der Waals surface area contributed by atoms with Crippen LogP contribution in [0.1, 0.15) is 17.5 Å². The predicted octanol–water partition coefficient (Wildman–Crippen LogP) is 4.87. The highest BCUT2D eigenvalue weighted by molar-refractivity contribution is 6.29. The van der Waals surface area contributed by atoms with E-state index in [1.54, 1.807) is 6.07 Å². The second-order valence-electron chi connectivity index (χ2n) is 7.88. The maximum absolute atomic E-state index is 6.33. The summed E-state index contributed by atoms with van der Waals surface area (Å²) in [4.78, 5) is 8.15. The van der Waals surface area contributed by atoms with Crippen LogP contribution in [0.3, 0.4) is 0 Å². The van der Waals surface area contributed by atoms with Crippen molar-refractivity contribution in [3.8, 4) is 0 Å². The van der Waals surface area contributed by atoms with Crippen molar-refractivity contribution in [2.45, 2.75) is 31.8 Å². The van der Waals surface area contributed by atoms with Crippen molar-refractivity contribution in [3.05, 3.63) is 95.2 Å². The third kappa shape index (κ3) is 5.85. The van der Waals surface area contributed by atoms with Crippen LogP contribution in [0.15, 0.2) is 78.9 Å². The molecule has 1 aromatic heterocycles. The van der Waals surface area contributed by atoms with Crippen molar-refractivity contribution >= 4 is 23.4 Å². The van der Waals surface area contributed by atoms with Gasteiger partial charge < -0.3 is 20.5 Å². The fraction of sp³-hybridized carbons (Fsp3) is 0.280.